The van der Waals surface area contributed by atoms with Crippen molar-refractivity contribution in [1.82, 2.24) is 4.90 Å². The summed E-state index contributed by atoms with van der Waals surface area (Å²) in [5.41, 5.74) is 3.22. The minimum absolute atomic E-state index is 0.0835. The average molecular weight is 329 g/mol. The Morgan fingerprint density at radius 3 is 2.39 bits per heavy atom. The molecule has 0 N–H and O–H groups in total. The van der Waals surface area contributed by atoms with E-state index >= 15 is 0 Å². The molecule has 0 heterocycles. The molecule has 4 heteroatoms. The number of amides is 1. The lowest BCUT2D eigenvalue weighted by Gasteiger charge is -2.21. The molecule has 0 aliphatic rings. The second-order valence-corrected chi connectivity index (χ2v) is 7.59. The van der Waals surface area contributed by atoms with Gasteiger partial charge in [-0.2, -0.15) is 0 Å². The second-order valence-electron chi connectivity index (χ2n) is 5.84. The zero-order valence-electron chi connectivity index (χ0n) is 13.9. The lowest BCUT2D eigenvalue weighted by atomic mass is 10.2. The molecule has 23 heavy (non-hydrogen) atoms. The summed E-state index contributed by atoms with van der Waals surface area (Å²) in [4.78, 5) is 14.1. The van der Waals surface area contributed by atoms with Gasteiger partial charge in [-0.1, -0.05) is 60.2 Å². The molecule has 0 spiro atoms. The first-order chi connectivity index (χ1) is 11.0. The van der Waals surface area contributed by atoms with Gasteiger partial charge in [-0.05, 0) is 25.0 Å². The summed E-state index contributed by atoms with van der Waals surface area (Å²) in [7, 11) is 0.536. The molecule has 0 saturated carbocycles. The van der Waals surface area contributed by atoms with Crippen LogP contribution in [0.1, 0.15) is 23.6 Å². The number of aryl methyl sites for hydroxylation is 1. The van der Waals surface area contributed by atoms with Crippen molar-refractivity contribution in [3.05, 3.63) is 71.3 Å². The van der Waals surface area contributed by atoms with Crippen LogP contribution in [0.4, 0.5) is 0 Å². The SMILES string of the molecule is Cc1cccc(C[S@](=O)[C@@H](C)C(=O)N(C)Cc2ccccc2)c1. The molecule has 0 radical (unpaired) electrons. The molecule has 0 bridgehead atoms. The van der Waals surface area contributed by atoms with E-state index < -0.39 is 16.0 Å². The van der Waals surface area contributed by atoms with Crippen LogP contribution in [0, 0.1) is 6.92 Å². The van der Waals surface area contributed by atoms with Crippen molar-refractivity contribution in [2.75, 3.05) is 7.05 Å². The molecule has 0 saturated heterocycles. The van der Waals surface area contributed by atoms with Gasteiger partial charge in [-0.25, -0.2) is 0 Å². The highest BCUT2D eigenvalue weighted by molar-refractivity contribution is 7.85. The molecule has 2 aromatic rings. The largest absolute Gasteiger partial charge is 0.340 e. The summed E-state index contributed by atoms with van der Waals surface area (Å²) >= 11 is 0. The van der Waals surface area contributed by atoms with Crippen LogP contribution in [0.5, 0.6) is 0 Å². The molecule has 0 fully saturated rings. The van der Waals surface area contributed by atoms with Crippen molar-refractivity contribution in [1.29, 1.82) is 0 Å². The van der Waals surface area contributed by atoms with Crippen LogP contribution in [0.15, 0.2) is 54.6 Å². The smallest absolute Gasteiger partial charge is 0.238 e. The molecular formula is C19H23NO2S. The Kier molecular flexibility index (Phi) is 6.11. The monoisotopic (exact) mass is 329 g/mol. The summed E-state index contributed by atoms with van der Waals surface area (Å²) in [6.07, 6.45) is 0. The average Bonchev–Trinajstić information content (AvgIpc) is 2.54. The van der Waals surface area contributed by atoms with Crippen LogP contribution in [0.3, 0.4) is 0 Å². The number of carbonyl (C=O) groups excluding carboxylic acids is 1. The van der Waals surface area contributed by atoms with Crippen molar-refractivity contribution in [3.63, 3.8) is 0 Å². The van der Waals surface area contributed by atoms with Gasteiger partial charge < -0.3 is 4.90 Å². The maximum Gasteiger partial charge on any atom is 0.238 e. The first-order valence-electron chi connectivity index (χ1n) is 7.69. The predicted octanol–water partition coefficient (Wildman–Crippen LogP) is 3.29. The van der Waals surface area contributed by atoms with E-state index in [0.29, 0.717) is 12.3 Å². The molecule has 2 aromatic carbocycles. The maximum atomic E-state index is 12.5. The number of carbonyl (C=O) groups is 1. The number of benzene rings is 2. The van der Waals surface area contributed by atoms with Gasteiger partial charge in [-0.3, -0.25) is 9.00 Å². The van der Waals surface area contributed by atoms with E-state index in [2.05, 4.69) is 0 Å². The topological polar surface area (TPSA) is 37.4 Å². The fourth-order valence-corrected chi connectivity index (χ4v) is 3.61. The third-order valence-electron chi connectivity index (χ3n) is 3.77. The molecule has 2 rings (SSSR count). The number of rotatable bonds is 6. The van der Waals surface area contributed by atoms with E-state index in [9.17, 15) is 9.00 Å². The van der Waals surface area contributed by atoms with E-state index in [1.54, 1.807) is 18.9 Å². The van der Waals surface area contributed by atoms with E-state index in [1.807, 2.05) is 61.5 Å². The van der Waals surface area contributed by atoms with Gasteiger partial charge in [0.2, 0.25) is 5.91 Å². The number of nitrogens with zero attached hydrogens (tertiary/aromatic N) is 1. The molecule has 122 valence electrons. The maximum absolute atomic E-state index is 12.5. The molecule has 3 nitrogen and oxygen atoms in total. The first kappa shape index (κ1) is 17.4. The number of hydrogen-bond acceptors (Lipinski definition) is 2. The van der Waals surface area contributed by atoms with Crippen LogP contribution >= 0.6 is 0 Å². The van der Waals surface area contributed by atoms with Gasteiger partial charge in [0.25, 0.3) is 0 Å². The summed E-state index contributed by atoms with van der Waals surface area (Å²) in [6, 6.07) is 17.8. The van der Waals surface area contributed by atoms with E-state index in [-0.39, 0.29) is 5.91 Å². The van der Waals surface area contributed by atoms with Crippen LogP contribution in [-0.4, -0.2) is 27.3 Å². The molecule has 2 atom stereocenters. The molecule has 1 amide bonds. The van der Waals surface area contributed by atoms with Crippen LogP contribution in [-0.2, 0) is 27.9 Å². The molecule has 0 unspecified atom stereocenters. The predicted molar refractivity (Wildman–Crippen MR) is 95.4 cm³/mol. The van der Waals surface area contributed by atoms with Gasteiger partial charge >= 0.3 is 0 Å². The third kappa shape index (κ3) is 5.03. The highest BCUT2D eigenvalue weighted by Crippen LogP contribution is 2.12. The summed E-state index contributed by atoms with van der Waals surface area (Å²) < 4.78 is 12.5. The molecule has 0 aliphatic carbocycles. The minimum atomic E-state index is -1.22. The Morgan fingerprint density at radius 2 is 1.74 bits per heavy atom. The van der Waals surface area contributed by atoms with E-state index in [0.717, 1.165) is 16.7 Å². The van der Waals surface area contributed by atoms with Crippen molar-refractivity contribution >= 4 is 16.7 Å². The Morgan fingerprint density at radius 1 is 1.09 bits per heavy atom. The van der Waals surface area contributed by atoms with Gasteiger partial charge in [0.05, 0.1) is 0 Å². The van der Waals surface area contributed by atoms with Crippen molar-refractivity contribution < 1.29 is 9.00 Å². The van der Waals surface area contributed by atoms with Gasteiger partial charge in [0.1, 0.15) is 5.25 Å². The summed E-state index contributed by atoms with van der Waals surface area (Å²) in [6.45, 7) is 4.29. The zero-order chi connectivity index (χ0) is 16.8. The fraction of sp³-hybridized carbons (Fsp3) is 0.316. The van der Waals surface area contributed by atoms with Gasteiger partial charge in [0, 0.05) is 30.1 Å². The standard InChI is InChI=1S/C19H23NO2S/c1-15-8-7-11-18(12-15)14-23(22)16(2)19(21)20(3)13-17-9-5-4-6-10-17/h4-12,16H,13-14H2,1-3H3/t16-,23-/m0/s1. The van der Waals surface area contributed by atoms with Crippen molar-refractivity contribution in [2.45, 2.75) is 31.4 Å². The fourth-order valence-electron chi connectivity index (χ4n) is 2.45. The Balaban J connectivity index is 1.96. The normalized spacial score (nSPS) is 13.3. The Hall–Kier alpha value is -1.94. The Bertz CT molecular complexity index is 685. The minimum Gasteiger partial charge on any atom is -0.340 e. The van der Waals surface area contributed by atoms with Gasteiger partial charge in [-0.15, -0.1) is 0 Å². The summed E-state index contributed by atoms with van der Waals surface area (Å²) in [5, 5.41) is -0.510. The molecule has 0 aromatic heterocycles. The van der Waals surface area contributed by atoms with Crippen LogP contribution in [0.2, 0.25) is 0 Å². The quantitative estimate of drug-likeness (QED) is 0.815. The summed E-state index contributed by atoms with van der Waals surface area (Å²) in [5.74, 6) is 0.327. The van der Waals surface area contributed by atoms with Crippen molar-refractivity contribution in [2.24, 2.45) is 0 Å². The lowest BCUT2D eigenvalue weighted by molar-refractivity contribution is -0.129. The zero-order valence-corrected chi connectivity index (χ0v) is 14.7. The van der Waals surface area contributed by atoms with E-state index in [4.69, 9.17) is 0 Å². The van der Waals surface area contributed by atoms with Gasteiger partial charge in [0.15, 0.2) is 0 Å². The van der Waals surface area contributed by atoms with Crippen molar-refractivity contribution in [3.8, 4) is 0 Å². The van der Waals surface area contributed by atoms with Crippen LogP contribution in [0.25, 0.3) is 0 Å². The third-order valence-corrected chi connectivity index (χ3v) is 5.38. The highest BCUT2D eigenvalue weighted by Gasteiger charge is 2.23. The van der Waals surface area contributed by atoms with Crippen LogP contribution < -0.4 is 0 Å². The molecule has 0 aliphatic heterocycles. The number of hydrogen-bond donors (Lipinski definition) is 0. The Labute approximate surface area is 140 Å². The first-order valence-corrected chi connectivity index (χ1v) is 9.07. The highest BCUT2D eigenvalue weighted by atomic mass is 32.2. The second kappa shape index (κ2) is 8.06. The van der Waals surface area contributed by atoms with E-state index in [1.165, 1.54) is 0 Å². The molecular weight excluding hydrogens is 306 g/mol. The lowest BCUT2D eigenvalue weighted by Crippen LogP contribution is -2.37.